The molecule has 2 heterocycles. The molecule has 0 unspecified atom stereocenters. The molecule has 0 radical (unpaired) electrons. The number of fused-ring (bicyclic) bond motifs is 2. The van der Waals surface area contributed by atoms with Gasteiger partial charge in [-0.1, -0.05) is 18.2 Å². The van der Waals surface area contributed by atoms with E-state index >= 15 is 0 Å². The lowest BCUT2D eigenvalue weighted by molar-refractivity contribution is -0.139. The third-order valence-electron chi connectivity index (χ3n) is 4.33. The van der Waals surface area contributed by atoms with Crippen LogP contribution in [0.5, 0.6) is 0 Å². The number of benzene rings is 1. The third-order valence-corrected chi connectivity index (χ3v) is 4.33. The molecule has 3 aliphatic rings. The van der Waals surface area contributed by atoms with Crippen molar-refractivity contribution in [2.45, 2.75) is 19.3 Å². The number of carbonyl (C=O) groups is 2. The Kier molecular flexibility index (Phi) is 1.76. The standard InChI is InChI=1S/C14H14N2O2/c17-12-7-10-3-1-2-4-11(10)13(18)16-9-14(5-6-14)8-15(12)16/h1-4H,5-9H2. The molecule has 1 aliphatic carbocycles. The maximum absolute atomic E-state index is 12.5. The number of amides is 2. The van der Waals surface area contributed by atoms with E-state index in [0.717, 1.165) is 24.9 Å². The highest BCUT2D eigenvalue weighted by atomic mass is 16.2. The number of hydrazine groups is 1. The number of hydrogen-bond acceptors (Lipinski definition) is 2. The van der Waals surface area contributed by atoms with Gasteiger partial charge in [-0.2, -0.15) is 0 Å². The van der Waals surface area contributed by atoms with Gasteiger partial charge in [-0.25, -0.2) is 5.01 Å². The molecule has 1 aromatic carbocycles. The minimum Gasteiger partial charge on any atom is -0.273 e. The molecule has 2 aliphatic heterocycles. The van der Waals surface area contributed by atoms with Gasteiger partial charge in [0.25, 0.3) is 5.91 Å². The summed E-state index contributed by atoms with van der Waals surface area (Å²) in [4.78, 5) is 24.8. The van der Waals surface area contributed by atoms with Crippen LogP contribution in [0.3, 0.4) is 0 Å². The van der Waals surface area contributed by atoms with Gasteiger partial charge in [-0.3, -0.25) is 14.6 Å². The number of rotatable bonds is 0. The van der Waals surface area contributed by atoms with Crippen molar-refractivity contribution in [3.63, 3.8) is 0 Å². The molecular weight excluding hydrogens is 228 g/mol. The van der Waals surface area contributed by atoms with Crippen molar-refractivity contribution in [3.05, 3.63) is 35.4 Å². The van der Waals surface area contributed by atoms with E-state index in [1.807, 2.05) is 24.3 Å². The first kappa shape index (κ1) is 10.1. The molecule has 1 saturated carbocycles. The molecule has 4 heteroatoms. The van der Waals surface area contributed by atoms with Gasteiger partial charge in [0, 0.05) is 11.0 Å². The highest BCUT2D eigenvalue weighted by Crippen LogP contribution is 2.51. The summed E-state index contributed by atoms with van der Waals surface area (Å²) in [6.45, 7) is 1.44. The lowest BCUT2D eigenvalue weighted by Gasteiger charge is -2.25. The van der Waals surface area contributed by atoms with E-state index in [-0.39, 0.29) is 17.2 Å². The van der Waals surface area contributed by atoms with Crippen molar-refractivity contribution >= 4 is 11.8 Å². The summed E-state index contributed by atoms with van der Waals surface area (Å²) in [7, 11) is 0. The van der Waals surface area contributed by atoms with Gasteiger partial charge in [0.05, 0.1) is 19.5 Å². The van der Waals surface area contributed by atoms with Crippen molar-refractivity contribution in [1.82, 2.24) is 10.0 Å². The van der Waals surface area contributed by atoms with Gasteiger partial charge in [-0.05, 0) is 24.5 Å². The first-order chi connectivity index (χ1) is 8.69. The zero-order valence-corrected chi connectivity index (χ0v) is 10.1. The Morgan fingerprint density at radius 3 is 2.50 bits per heavy atom. The molecule has 0 aromatic heterocycles. The summed E-state index contributed by atoms with van der Waals surface area (Å²) in [6.07, 6.45) is 2.62. The molecule has 4 rings (SSSR count). The Balaban J connectivity index is 1.80. The first-order valence-corrected chi connectivity index (χ1v) is 6.39. The van der Waals surface area contributed by atoms with Crippen LogP contribution in [0.1, 0.15) is 28.8 Å². The van der Waals surface area contributed by atoms with Crippen molar-refractivity contribution in [1.29, 1.82) is 0 Å². The van der Waals surface area contributed by atoms with Gasteiger partial charge in [0.2, 0.25) is 5.91 Å². The zero-order chi connectivity index (χ0) is 12.3. The van der Waals surface area contributed by atoms with Crippen LogP contribution in [-0.4, -0.2) is 34.9 Å². The van der Waals surface area contributed by atoms with Gasteiger partial charge in [0.15, 0.2) is 0 Å². The smallest absolute Gasteiger partial charge is 0.272 e. The van der Waals surface area contributed by atoms with E-state index in [1.165, 1.54) is 0 Å². The van der Waals surface area contributed by atoms with E-state index < -0.39 is 0 Å². The van der Waals surface area contributed by atoms with Gasteiger partial charge < -0.3 is 0 Å². The summed E-state index contributed by atoms with van der Waals surface area (Å²) in [5.41, 5.74) is 1.76. The van der Waals surface area contributed by atoms with E-state index in [9.17, 15) is 9.59 Å². The normalized spacial score (nSPS) is 24.0. The maximum Gasteiger partial charge on any atom is 0.272 e. The predicted octanol–water partition coefficient (Wildman–Crippen LogP) is 1.22. The highest BCUT2D eigenvalue weighted by molar-refractivity contribution is 6.00. The van der Waals surface area contributed by atoms with Crippen LogP contribution in [0.4, 0.5) is 0 Å². The lowest BCUT2D eigenvalue weighted by Crippen LogP contribution is -2.43. The summed E-state index contributed by atoms with van der Waals surface area (Å²) >= 11 is 0. The van der Waals surface area contributed by atoms with Crippen LogP contribution in [0, 0.1) is 5.41 Å². The maximum atomic E-state index is 12.5. The zero-order valence-electron chi connectivity index (χ0n) is 10.1. The molecule has 2 amide bonds. The molecule has 0 atom stereocenters. The van der Waals surface area contributed by atoms with Crippen LogP contribution < -0.4 is 0 Å². The summed E-state index contributed by atoms with van der Waals surface area (Å²) in [6, 6.07) is 7.45. The molecule has 1 aromatic rings. The fourth-order valence-electron chi connectivity index (χ4n) is 3.03. The fraction of sp³-hybridized carbons (Fsp3) is 0.429. The summed E-state index contributed by atoms with van der Waals surface area (Å²) < 4.78 is 0. The molecule has 1 spiro atoms. The van der Waals surface area contributed by atoms with Crippen molar-refractivity contribution in [2.24, 2.45) is 5.41 Å². The molecule has 0 bridgehead atoms. The quantitative estimate of drug-likeness (QED) is 0.686. The van der Waals surface area contributed by atoms with Crippen LogP contribution in [0.2, 0.25) is 0 Å². The second-order valence-electron chi connectivity index (χ2n) is 5.65. The predicted molar refractivity (Wildman–Crippen MR) is 64.6 cm³/mol. The van der Waals surface area contributed by atoms with E-state index in [0.29, 0.717) is 18.5 Å². The Bertz CT molecular complexity index is 563. The lowest BCUT2D eigenvalue weighted by atomic mass is 10.0. The van der Waals surface area contributed by atoms with Crippen molar-refractivity contribution in [3.8, 4) is 0 Å². The molecule has 2 fully saturated rings. The van der Waals surface area contributed by atoms with Crippen LogP contribution in [0.15, 0.2) is 24.3 Å². The van der Waals surface area contributed by atoms with Crippen LogP contribution in [-0.2, 0) is 11.2 Å². The number of carbonyl (C=O) groups excluding carboxylic acids is 2. The van der Waals surface area contributed by atoms with Crippen LogP contribution >= 0.6 is 0 Å². The summed E-state index contributed by atoms with van der Waals surface area (Å²) in [5, 5.41) is 3.34. The Morgan fingerprint density at radius 2 is 1.72 bits per heavy atom. The fourth-order valence-corrected chi connectivity index (χ4v) is 3.03. The molecule has 0 N–H and O–H groups in total. The second kappa shape index (κ2) is 3.13. The SMILES string of the molecule is O=C1Cc2ccccc2C(=O)N2CC3(CC3)CN12. The molecular formula is C14H14N2O2. The highest BCUT2D eigenvalue weighted by Gasteiger charge is 2.55. The van der Waals surface area contributed by atoms with Gasteiger partial charge >= 0.3 is 0 Å². The monoisotopic (exact) mass is 242 g/mol. The third kappa shape index (κ3) is 1.26. The average molecular weight is 242 g/mol. The number of hydrogen-bond donors (Lipinski definition) is 0. The van der Waals surface area contributed by atoms with Crippen molar-refractivity contribution < 1.29 is 9.59 Å². The van der Waals surface area contributed by atoms with Crippen molar-refractivity contribution in [2.75, 3.05) is 13.1 Å². The molecule has 18 heavy (non-hydrogen) atoms. The molecule has 1 saturated heterocycles. The summed E-state index contributed by atoms with van der Waals surface area (Å²) in [5.74, 6) is 0.0392. The second-order valence-corrected chi connectivity index (χ2v) is 5.65. The Morgan fingerprint density at radius 1 is 1.00 bits per heavy atom. The minimum atomic E-state index is -0.0137. The molecule has 4 nitrogen and oxygen atoms in total. The topological polar surface area (TPSA) is 40.6 Å². The van der Waals surface area contributed by atoms with Crippen LogP contribution in [0.25, 0.3) is 0 Å². The number of nitrogens with zero attached hydrogens (tertiary/aromatic N) is 2. The van der Waals surface area contributed by atoms with Gasteiger partial charge in [-0.15, -0.1) is 0 Å². The Hall–Kier alpha value is -1.84. The largest absolute Gasteiger partial charge is 0.273 e. The van der Waals surface area contributed by atoms with E-state index in [4.69, 9.17) is 0 Å². The molecule has 92 valence electrons. The minimum absolute atomic E-state index is 0.0137. The Labute approximate surface area is 105 Å². The average Bonchev–Trinajstić information content (AvgIpc) is 3.01. The van der Waals surface area contributed by atoms with E-state index in [1.54, 1.807) is 10.0 Å². The van der Waals surface area contributed by atoms with E-state index in [2.05, 4.69) is 0 Å². The first-order valence-electron chi connectivity index (χ1n) is 6.39. The van der Waals surface area contributed by atoms with Gasteiger partial charge in [0.1, 0.15) is 0 Å².